The van der Waals surface area contributed by atoms with Crippen molar-refractivity contribution >= 4 is 0 Å². The lowest BCUT2D eigenvalue weighted by molar-refractivity contribution is -0.179. The highest BCUT2D eigenvalue weighted by molar-refractivity contribution is 5.15. The van der Waals surface area contributed by atoms with Crippen molar-refractivity contribution < 1.29 is 30.6 Å². The highest BCUT2D eigenvalue weighted by Crippen LogP contribution is 2.70. The Balaban J connectivity index is 0.000000179. The summed E-state index contributed by atoms with van der Waals surface area (Å²) in [7, 11) is 0. The summed E-state index contributed by atoms with van der Waals surface area (Å²) in [4.78, 5) is 0. The lowest BCUT2D eigenvalue weighted by atomic mass is 9.43. The Bertz CT molecular complexity index is 1400. The Morgan fingerprint density at radius 1 is 0.424 bits per heavy atom. The van der Waals surface area contributed by atoms with Crippen LogP contribution in [0.1, 0.15) is 216 Å². The number of aliphatic hydroxyl groups excluding tert-OH is 4. The van der Waals surface area contributed by atoms with Gasteiger partial charge in [-0.2, -0.15) is 0 Å². The molecule has 0 radical (unpaired) electrons. The zero-order chi connectivity index (χ0) is 42.8. The summed E-state index contributed by atoms with van der Waals surface area (Å²) in [6, 6.07) is 0. The summed E-state index contributed by atoms with van der Waals surface area (Å²) in [6.07, 6.45) is 26.4. The maximum atomic E-state index is 11.6. The first-order valence-electron chi connectivity index (χ1n) is 25.9. The van der Waals surface area contributed by atoms with Crippen LogP contribution in [0.3, 0.4) is 0 Å². The molecule has 0 aromatic rings. The van der Waals surface area contributed by atoms with E-state index in [1.807, 2.05) is 0 Å². The van der Waals surface area contributed by atoms with Crippen molar-refractivity contribution in [1.29, 1.82) is 0 Å². The van der Waals surface area contributed by atoms with E-state index in [1.54, 1.807) is 0 Å². The first-order valence-corrected chi connectivity index (χ1v) is 25.9. The molecule has 6 N–H and O–H groups in total. The molecule has 0 heterocycles. The fourth-order valence-electron chi connectivity index (χ4n) is 18.6. The van der Waals surface area contributed by atoms with Crippen molar-refractivity contribution in [1.82, 2.24) is 0 Å². The number of aliphatic hydroxyl groups is 6. The molecular formula is C53H94O6. The fraction of sp³-hybridized carbons (Fsp3) is 1.00. The van der Waals surface area contributed by atoms with E-state index in [2.05, 4.69) is 55.4 Å². The normalized spacial score (nSPS) is 50.9. The predicted molar refractivity (Wildman–Crippen MR) is 239 cm³/mol. The molecule has 8 rings (SSSR count). The molecule has 3 unspecified atom stereocenters. The first-order chi connectivity index (χ1) is 27.8. The van der Waals surface area contributed by atoms with Crippen LogP contribution >= 0.6 is 0 Å². The molecule has 6 heteroatoms. The van der Waals surface area contributed by atoms with Crippen molar-refractivity contribution in [3.8, 4) is 0 Å². The maximum absolute atomic E-state index is 11.6. The van der Waals surface area contributed by atoms with Gasteiger partial charge in [-0.25, -0.2) is 0 Å². The van der Waals surface area contributed by atoms with E-state index in [9.17, 15) is 30.6 Å². The second kappa shape index (κ2) is 17.6. The monoisotopic (exact) mass is 827 g/mol. The Morgan fingerprint density at radius 3 is 1.19 bits per heavy atom. The molecular weight excluding hydrogens is 733 g/mol. The van der Waals surface area contributed by atoms with Crippen LogP contribution in [-0.4, -0.2) is 66.3 Å². The van der Waals surface area contributed by atoms with Crippen LogP contribution in [0.2, 0.25) is 0 Å². The molecule has 8 fully saturated rings. The van der Waals surface area contributed by atoms with Crippen molar-refractivity contribution in [3.63, 3.8) is 0 Å². The molecule has 59 heavy (non-hydrogen) atoms. The van der Waals surface area contributed by atoms with Gasteiger partial charge in [0.05, 0.1) is 35.6 Å². The summed E-state index contributed by atoms with van der Waals surface area (Å²) in [6.45, 7) is 18.5. The summed E-state index contributed by atoms with van der Waals surface area (Å²) < 4.78 is 0. The smallest absolute Gasteiger partial charge is 0.0653 e. The number of hydrogen-bond donors (Lipinski definition) is 6. The maximum Gasteiger partial charge on any atom is 0.0653 e. The molecule has 0 aromatic heterocycles. The second-order valence-corrected chi connectivity index (χ2v) is 24.8. The number of unbranched alkanes of at least 4 members (excludes halogenated alkanes) is 5. The van der Waals surface area contributed by atoms with Crippen LogP contribution in [0.4, 0.5) is 0 Å². The molecule has 0 spiro atoms. The van der Waals surface area contributed by atoms with Crippen molar-refractivity contribution in [2.75, 3.05) is 0 Å². The van der Waals surface area contributed by atoms with Crippen LogP contribution in [0.15, 0.2) is 0 Å². The van der Waals surface area contributed by atoms with Crippen LogP contribution in [-0.2, 0) is 0 Å². The summed E-state index contributed by atoms with van der Waals surface area (Å²) in [5, 5.41) is 65.8. The Kier molecular flexibility index (Phi) is 14.0. The van der Waals surface area contributed by atoms with Crippen molar-refractivity contribution in [3.05, 3.63) is 0 Å². The zero-order valence-corrected chi connectivity index (χ0v) is 39.4. The van der Waals surface area contributed by atoms with Gasteiger partial charge in [-0.15, -0.1) is 0 Å². The Labute approximate surface area is 361 Å². The van der Waals surface area contributed by atoms with Gasteiger partial charge in [0.15, 0.2) is 0 Å². The minimum Gasteiger partial charge on any atom is -0.393 e. The van der Waals surface area contributed by atoms with Gasteiger partial charge in [-0.3, -0.25) is 0 Å². The predicted octanol–water partition coefficient (Wildman–Crippen LogP) is 11.0. The van der Waals surface area contributed by atoms with E-state index in [0.29, 0.717) is 47.3 Å². The zero-order valence-electron chi connectivity index (χ0n) is 39.4. The van der Waals surface area contributed by atoms with Gasteiger partial charge < -0.3 is 30.6 Å². The van der Waals surface area contributed by atoms with Gasteiger partial charge in [-0.1, -0.05) is 86.5 Å². The van der Waals surface area contributed by atoms with E-state index in [-0.39, 0.29) is 57.9 Å². The van der Waals surface area contributed by atoms with Crippen LogP contribution in [0.25, 0.3) is 0 Å². The van der Waals surface area contributed by atoms with Gasteiger partial charge in [0.25, 0.3) is 0 Å². The summed E-state index contributed by atoms with van der Waals surface area (Å²) in [5.74, 6) is 5.17. The summed E-state index contributed by atoms with van der Waals surface area (Å²) in [5.41, 5.74) is -0.312. The SMILES string of the molecule is CCCCCC[C@](C)(O)[C@H]1CCC2C3C[C@H](O)[C@H]4C[C@@H](O)CC[C@]4(C)C3CC[C@@]21C.CCCCC[C@](C)(O)[C@H]1CC[C@H]2[C@@H]3C[C@H](O)[C@H]4C[C@@H](O)CC[C@]4(C)[C@H]3CC[C@@]21C. The number of rotatable bonds is 11. The molecule has 0 amide bonds. The molecule has 6 nitrogen and oxygen atoms in total. The lowest BCUT2D eigenvalue weighted by Crippen LogP contribution is -2.59. The second-order valence-electron chi connectivity index (χ2n) is 24.8. The highest BCUT2D eigenvalue weighted by atomic mass is 16.3. The highest BCUT2D eigenvalue weighted by Gasteiger charge is 2.65. The van der Waals surface area contributed by atoms with E-state index in [0.717, 1.165) is 89.9 Å². The molecule has 0 bridgehead atoms. The van der Waals surface area contributed by atoms with Crippen LogP contribution in [0.5, 0.6) is 0 Å². The third-order valence-corrected chi connectivity index (χ3v) is 21.6. The average molecular weight is 827 g/mol. The van der Waals surface area contributed by atoms with E-state index < -0.39 is 11.2 Å². The van der Waals surface area contributed by atoms with Crippen molar-refractivity contribution in [2.45, 2.75) is 252 Å². The third-order valence-electron chi connectivity index (χ3n) is 21.6. The van der Waals surface area contributed by atoms with Gasteiger partial charge in [0.2, 0.25) is 0 Å². The quantitative estimate of drug-likeness (QED) is 0.115. The Hall–Kier alpha value is -0.240. The molecule has 0 saturated heterocycles. The molecule has 20 atom stereocenters. The Morgan fingerprint density at radius 2 is 0.780 bits per heavy atom. The molecule has 8 aliphatic rings. The van der Waals surface area contributed by atoms with E-state index in [4.69, 9.17) is 0 Å². The van der Waals surface area contributed by atoms with E-state index >= 15 is 0 Å². The third kappa shape index (κ3) is 8.34. The fourth-order valence-corrected chi connectivity index (χ4v) is 18.6. The van der Waals surface area contributed by atoms with Crippen LogP contribution < -0.4 is 0 Å². The van der Waals surface area contributed by atoms with Crippen LogP contribution in [0, 0.1) is 80.8 Å². The molecule has 8 aliphatic carbocycles. The van der Waals surface area contributed by atoms with Gasteiger partial charge in [0, 0.05) is 0 Å². The minimum absolute atomic E-state index is 0.184. The largest absolute Gasteiger partial charge is 0.393 e. The van der Waals surface area contributed by atoms with Crippen molar-refractivity contribution in [2.24, 2.45) is 80.8 Å². The summed E-state index contributed by atoms with van der Waals surface area (Å²) >= 11 is 0. The van der Waals surface area contributed by atoms with Gasteiger partial charge in [-0.05, 0) is 210 Å². The molecule has 342 valence electrons. The average Bonchev–Trinajstić information content (AvgIpc) is 3.74. The number of fused-ring (bicyclic) bond motifs is 10. The molecule has 8 saturated carbocycles. The standard InChI is InChI=1S/C27H48O3.C26H46O3/c1-5-6-7-8-13-27(4,30)24-10-9-20-19-17-23(29)22-16-18(28)11-14-25(22,2)21(19)12-15-26(20,24)3;1-5-6-7-12-26(4,29)23-9-8-19-18-16-22(28)21-15-17(27)10-13-24(21,2)20(18)11-14-25(19,23)3/h18-24,28-30H,5-17H2,1-4H3;17-23,27-29H,5-16H2,1-4H3/t18-,19?,20?,21?,22+,23-,24-,25+,26-,27-;17-,18-,19-,20-,21+,22-,23-,24+,25-,26-/m00/s1. The molecule has 0 aromatic carbocycles. The lowest BCUT2D eigenvalue weighted by Gasteiger charge is -2.62. The topological polar surface area (TPSA) is 121 Å². The van der Waals surface area contributed by atoms with Gasteiger partial charge >= 0.3 is 0 Å². The first kappa shape index (κ1) is 46.7. The van der Waals surface area contributed by atoms with Gasteiger partial charge in [0.1, 0.15) is 0 Å². The minimum atomic E-state index is -0.557. The molecule has 0 aliphatic heterocycles. The van der Waals surface area contributed by atoms with E-state index in [1.165, 1.54) is 70.6 Å². The number of hydrogen-bond acceptors (Lipinski definition) is 6.